The molecule has 0 radical (unpaired) electrons. The molecule has 0 saturated carbocycles. The van der Waals surface area contributed by atoms with Crippen molar-refractivity contribution in [3.63, 3.8) is 0 Å². The van der Waals surface area contributed by atoms with Gasteiger partial charge in [0.25, 0.3) is 0 Å². The summed E-state index contributed by atoms with van der Waals surface area (Å²) in [6.07, 6.45) is 0.538. The molecule has 0 saturated heterocycles. The van der Waals surface area contributed by atoms with E-state index in [1.54, 1.807) is 11.3 Å². The molecule has 1 aromatic heterocycles. The standard InChI is InChI=1S/C17H15N3S/c1-20(12-4-11-18)14-9-7-13(8-10-14)17-19-15-5-2-3-6-16(15)21-17/h2-3,5-10H,4,12H2,1H3. The molecule has 0 fully saturated rings. The van der Waals surface area contributed by atoms with Gasteiger partial charge in [-0.15, -0.1) is 11.3 Å². The number of rotatable bonds is 4. The van der Waals surface area contributed by atoms with Crippen molar-refractivity contribution < 1.29 is 0 Å². The molecule has 104 valence electrons. The van der Waals surface area contributed by atoms with Crippen molar-refractivity contribution >= 4 is 27.2 Å². The van der Waals surface area contributed by atoms with Gasteiger partial charge in [-0.25, -0.2) is 4.98 Å². The van der Waals surface area contributed by atoms with Crippen LogP contribution in [0, 0.1) is 11.3 Å². The number of anilines is 1. The first-order valence-corrected chi connectivity index (χ1v) is 7.63. The number of hydrogen-bond acceptors (Lipinski definition) is 4. The summed E-state index contributed by atoms with van der Waals surface area (Å²) >= 11 is 1.71. The van der Waals surface area contributed by atoms with E-state index in [9.17, 15) is 0 Å². The summed E-state index contributed by atoms with van der Waals surface area (Å²) in [5.74, 6) is 0. The quantitative estimate of drug-likeness (QED) is 0.719. The lowest BCUT2D eigenvalue weighted by atomic mass is 10.2. The third kappa shape index (κ3) is 2.88. The van der Waals surface area contributed by atoms with Crippen LogP contribution in [-0.4, -0.2) is 18.6 Å². The molecule has 0 bridgehead atoms. The van der Waals surface area contributed by atoms with Crippen LogP contribution in [0.3, 0.4) is 0 Å². The van der Waals surface area contributed by atoms with Gasteiger partial charge in [-0.1, -0.05) is 12.1 Å². The van der Waals surface area contributed by atoms with Gasteiger partial charge in [0, 0.05) is 24.8 Å². The maximum Gasteiger partial charge on any atom is 0.124 e. The summed E-state index contributed by atoms with van der Waals surface area (Å²) in [6, 6.07) is 18.7. The van der Waals surface area contributed by atoms with E-state index in [1.807, 2.05) is 25.2 Å². The fourth-order valence-corrected chi connectivity index (χ4v) is 3.17. The predicted molar refractivity (Wildman–Crippen MR) is 88.6 cm³/mol. The highest BCUT2D eigenvalue weighted by Crippen LogP contribution is 2.30. The minimum absolute atomic E-state index is 0.538. The Morgan fingerprint density at radius 3 is 2.62 bits per heavy atom. The van der Waals surface area contributed by atoms with Crippen LogP contribution in [0.2, 0.25) is 0 Å². The van der Waals surface area contributed by atoms with Crippen molar-refractivity contribution in [3.05, 3.63) is 48.5 Å². The number of nitrogens with zero attached hydrogens (tertiary/aromatic N) is 3. The molecule has 4 heteroatoms. The Labute approximate surface area is 128 Å². The number of fused-ring (bicyclic) bond motifs is 1. The van der Waals surface area contributed by atoms with E-state index in [1.165, 1.54) is 4.70 Å². The lowest BCUT2D eigenvalue weighted by molar-refractivity contribution is 0.905. The number of para-hydroxylation sites is 1. The molecule has 3 aromatic rings. The smallest absolute Gasteiger partial charge is 0.124 e. The number of hydrogen-bond donors (Lipinski definition) is 0. The minimum Gasteiger partial charge on any atom is -0.374 e. The van der Waals surface area contributed by atoms with Crippen molar-refractivity contribution in [2.45, 2.75) is 6.42 Å². The maximum atomic E-state index is 8.64. The van der Waals surface area contributed by atoms with Crippen LogP contribution in [0.25, 0.3) is 20.8 Å². The van der Waals surface area contributed by atoms with Crippen LogP contribution in [0.1, 0.15) is 6.42 Å². The number of nitriles is 1. The largest absolute Gasteiger partial charge is 0.374 e. The van der Waals surface area contributed by atoms with Gasteiger partial charge in [0.15, 0.2) is 0 Å². The summed E-state index contributed by atoms with van der Waals surface area (Å²) in [7, 11) is 2.00. The second kappa shape index (κ2) is 5.94. The first kappa shape index (κ1) is 13.6. The molecular weight excluding hydrogens is 278 g/mol. The minimum atomic E-state index is 0.538. The molecule has 21 heavy (non-hydrogen) atoms. The lowest BCUT2D eigenvalue weighted by Crippen LogP contribution is -2.17. The van der Waals surface area contributed by atoms with Crippen molar-refractivity contribution in [1.29, 1.82) is 5.26 Å². The van der Waals surface area contributed by atoms with Gasteiger partial charge in [0.1, 0.15) is 5.01 Å². The molecule has 1 heterocycles. The Balaban J connectivity index is 1.85. The summed E-state index contributed by atoms with van der Waals surface area (Å²) in [4.78, 5) is 6.76. The van der Waals surface area contributed by atoms with Crippen LogP contribution in [-0.2, 0) is 0 Å². The zero-order valence-corrected chi connectivity index (χ0v) is 12.6. The van der Waals surface area contributed by atoms with E-state index in [4.69, 9.17) is 5.26 Å². The maximum absolute atomic E-state index is 8.64. The molecule has 3 rings (SSSR count). The molecule has 2 aromatic carbocycles. The van der Waals surface area contributed by atoms with Crippen LogP contribution < -0.4 is 4.90 Å². The van der Waals surface area contributed by atoms with E-state index in [0.717, 1.165) is 28.3 Å². The Morgan fingerprint density at radius 1 is 1.14 bits per heavy atom. The second-order valence-corrected chi connectivity index (χ2v) is 5.89. The Hall–Kier alpha value is -2.38. The van der Waals surface area contributed by atoms with E-state index in [0.29, 0.717) is 6.42 Å². The van der Waals surface area contributed by atoms with Crippen LogP contribution >= 0.6 is 11.3 Å². The Kier molecular flexibility index (Phi) is 3.85. The third-order valence-corrected chi connectivity index (χ3v) is 4.49. The molecule has 3 nitrogen and oxygen atoms in total. The van der Waals surface area contributed by atoms with Gasteiger partial charge < -0.3 is 4.90 Å². The fourth-order valence-electron chi connectivity index (χ4n) is 2.20. The average Bonchev–Trinajstić information content (AvgIpc) is 2.96. The Morgan fingerprint density at radius 2 is 1.90 bits per heavy atom. The van der Waals surface area contributed by atoms with Crippen molar-refractivity contribution in [2.75, 3.05) is 18.5 Å². The molecule has 0 aliphatic carbocycles. The van der Waals surface area contributed by atoms with Crippen LogP contribution in [0.15, 0.2) is 48.5 Å². The van der Waals surface area contributed by atoms with Crippen molar-refractivity contribution in [1.82, 2.24) is 4.98 Å². The summed E-state index contributed by atoms with van der Waals surface area (Å²) < 4.78 is 1.21. The monoisotopic (exact) mass is 293 g/mol. The van der Waals surface area contributed by atoms with E-state index in [-0.39, 0.29) is 0 Å². The molecule has 0 N–H and O–H groups in total. The van der Waals surface area contributed by atoms with Crippen molar-refractivity contribution in [3.8, 4) is 16.6 Å². The first-order valence-electron chi connectivity index (χ1n) is 6.82. The van der Waals surface area contributed by atoms with Crippen LogP contribution in [0.5, 0.6) is 0 Å². The van der Waals surface area contributed by atoms with E-state index >= 15 is 0 Å². The SMILES string of the molecule is CN(CCC#N)c1ccc(-c2nc3ccccc3s2)cc1. The molecule has 0 aliphatic rings. The molecule has 0 atom stereocenters. The molecular formula is C17H15N3S. The summed E-state index contributed by atoms with van der Waals surface area (Å²) in [5, 5.41) is 9.68. The van der Waals surface area contributed by atoms with E-state index < -0.39 is 0 Å². The van der Waals surface area contributed by atoms with Gasteiger partial charge in [-0.05, 0) is 36.4 Å². The van der Waals surface area contributed by atoms with E-state index in [2.05, 4.69) is 46.3 Å². The third-order valence-electron chi connectivity index (χ3n) is 3.41. The fraction of sp³-hybridized carbons (Fsp3) is 0.176. The van der Waals surface area contributed by atoms with Gasteiger partial charge >= 0.3 is 0 Å². The molecule has 0 unspecified atom stereocenters. The normalized spacial score (nSPS) is 10.5. The van der Waals surface area contributed by atoms with Crippen molar-refractivity contribution in [2.24, 2.45) is 0 Å². The highest BCUT2D eigenvalue weighted by molar-refractivity contribution is 7.21. The predicted octanol–water partition coefficient (Wildman–Crippen LogP) is 4.31. The zero-order chi connectivity index (χ0) is 14.7. The highest BCUT2D eigenvalue weighted by Gasteiger charge is 2.06. The number of benzene rings is 2. The van der Waals surface area contributed by atoms with Gasteiger partial charge in [-0.3, -0.25) is 0 Å². The first-order chi connectivity index (χ1) is 10.3. The molecule has 0 amide bonds. The van der Waals surface area contributed by atoms with Gasteiger partial charge in [0.05, 0.1) is 22.7 Å². The highest BCUT2D eigenvalue weighted by atomic mass is 32.1. The molecule has 0 spiro atoms. The summed E-state index contributed by atoms with van der Waals surface area (Å²) in [5.41, 5.74) is 3.30. The number of aromatic nitrogens is 1. The lowest BCUT2D eigenvalue weighted by Gasteiger charge is -2.17. The second-order valence-electron chi connectivity index (χ2n) is 4.86. The topological polar surface area (TPSA) is 39.9 Å². The summed E-state index contributed by atoms with van der Waals surface area (Å²) in [6.45, 7) is 0.747. The zero-order valence-electron chi connectivity index (χ0n) is 11.8. The average molecular weight is 293 g/mol. The van der Waals surface area contributed by atoms with Gasteiger partial charge in [-0.2, -0.15) is 5.26 Å². The Bertz CT molecular complexity index is 751. The van der Waals surface area contributed by atoms with Gasteiger partial charge in [0.2, 0.25) is 0 Å². The van der Waals surface area contributed by atoms with Crippen LogP contribution in [0.4, 0.5) is 5.69 Å². The molecule has 0 aliphatic heterocycles. The number of thiazole rings is 1.